The van der Waals surface area contributed by atoms with E-state index in [9.17, 15) is 13.2 Å². The summed E-state index contributed by atoms with van der Waals surface area (Å²) >= 11 is 0. The Kier molecular flexibility index (Phi) is 2.55. The second-order valence-electron chi connectivity index (χ2n) is 3.43. The van der Waals surface area contributed by atoms with Crippen LogP contribution in [0.3, 0.4) is 0 Å². The summed E-state index contributed by atoms with van der Waals surface area (Å²) in [5.41, 5.74) is 0.615. The molecule has 5 nitrogen and oxygen atoms in total. The average Bonchev–Trinajstić information content (AvgIpc) is 2.17. The molecule has 7 heteroatoms. The van der Waals surface area contributed by atoms with Crippen molar-refractivity contribution in [3.63, 3.8) is 0 Å². The zero-order valence-corrected chi connectivity index (χ0v) is 9.88. The number of carbonyl (C=O) groups excluding carboxylic acids is 1. The number of nitrogens with zero attached hydrogens (tertiary/aromatic N) is 1. The first-order chi connectivity index (χ1) is 7.38. The van der Waals surface area contributed by atoms with Gasteiger partial charge in [0, 0.05) is 23.3 Å². The topological polar surface area (TPSA) is 63.7 Å². The number of halogens is 1. The number of hydrogen-bond acceptors (Lipinski definition) is 4. The Morgan fingerprint density at radius 3 is 2.75 bits per heavy atom. The van der Waals surface area contributed by atoms with Gasteiger partial charge in [0.25, 0.3) is 9.05 Å². The lowest BCUT2D eigenvalue weighted by Gasteiger charge is -2.24. The van der Waals surface area contributed by atoms with Crippen molar-refractivity contribution in [2.24, 2.45) is 0 Å². The predicted molar refractivity (Wildman–Crippen MR) is 57.0 cm³/mol. The summed E-state index contributed by atoms with van der Waals surface area (Å²) in [5.74, 6) is 0.368. The fraction of sp³-hybridized carbons (Fsp3) is 0.222. The SMILES string of the molecule is CN1Cc2cc(S(=O)(=O)Cl)ccc2OC1=O. The van der Waals surface area contributed by atoms with Crippen LogP contribution in [0.1, 0.15) is 5.56 Å². The molecule has 0 aliphatic carbocycles. The Morgan fingerprint density at radius 2 is 2.12 bits per heavy atom. The molecule has 0 spiro atoms. The van der Waals surface area contributed by atoms with E-state index in [0.29, 0.717) is 17.9 Å². The summed E-state index contributed by atoms with van der Waals surface area (Å²) in [6, 6.07) is 4.13. The molecule has 0 bridgehead atoms. The van der Waals surface area contributed by atoms with Crippen molar-refractivity contribution in [3.05, 3.63) is 23.8 Å². The lowest BCUT2D eigenvalue weighted by molar-refractivity contribution is 0.150. The summed E-state index contributed by atoms with van der Waals surface area (Å²) in [7, 11) is 3.03. The summed E-state index contributed by atoms with van der Waals surface area (Å²) in [5, 5.41) is 0. The average molecular weight is 262 g/mol. The van der Waals surface area contributed by atoms with Crippen LogP contribution in [-0.4, -0.2) is 26.5 Å². The van der Waals surface area contributed by atoms with Crippen molar-refractivity contribution >= 4 is 25.8 Å². The van der Waals surface area contributed by atoms with Gasteiger partial charge in [0.05, 0.1) is 11.4 Å². The first-order valence-corrected chi connectivity index (χ1v) is 6.69. The molecule has 0 unspecified atom stereocenters. The molecule has 0 saturated heterocycles. The molecular weight excluding hydrogens is 254 g/mol. The number of carbonyl (C=O) groups is 1. The van der Waals surface area contributed by atoms with Crippen LogP contribution < -0.4 is 4.74 Å². The molecule has 0 N–H and O–H groups in total. The van der Waals surface area contributed by atoms with Crippen LogP contribution in [0.25, 0.3) is 0 Å². The number of hydrogen-bond donors (Lipinski definition) is 0. The van der Waals surface area contributed by atoms with E-state index in [-0.39, 0.29) is 4.90 Å². The molecule has 0 radical (unpaired) electrons. The van der Waals surface area contributed by atoms with Crippen molar-refractivity contribution in [2.75, 3.05) is 7.05 Å². The monoisotopic (exact) mass is 261 g/mol. The molecule has 0 atom stereocenters. The lowest BCUT2D eigenvalue weighted by atomic mass is 10.2. The maximum absolute atomic E-state index is 11.2. The van der Waals surface area contributed by atoms with Crippen molar-refractivity contribution in [1.82, 2.24) is 4.90 Å². The minimum Gasteiger partial charge on any atom is -0.410 e. The fourth-order valence-electron chi connectivity index (χ4n) is 1.42. The maximum atomic E-state index is 11.2. The number of ether oxygens (including phenoxy) is 1. The van der Waals surface area contributed by atoms with Crippen molar-refractivity contribution in [1.29, 1.82) is 0 Å². The molecule has 1 amide bonds. The Hall–Kier alpha value is -1.27. The van der Waals surface area contributed by atoms with Crippen molar-refractivity contribution in [2.45, 2.75) is 11.4 Å². The first-order valence-electron chi connectivity index (χ1n) is 4.38. The molecule has 1 aromatic rings. The van der Waals surface area contributed by atoms with E-state index in [1.54, 1.807) is 7.05 Å². The molecule has 1 aliphatic heterocycles. The molecule has 86 valence electrons. The molecule has 1 heterocycles. The second-order valence-corrected chi connectivity index (χ2v) is 6.00. The van der Waals surface area contributed by atoms with Gasteiger partial charge >= 0.3 is 6.09 Å². The highest BCUT2D eigenvalue weighted by atomic mass is 35.7. The number of amides is 1. The maximum Gasteiger partial charge on any atom is 0.415 e. The highest BCUT2D eigenvalue weighted by Crippen LogP contribution is 2.28. The number of fused-ring (bicyclic) bond motifs is 1. The van der Waals surface area contributed by atoms with Crippen LogP contribution in [0.2, 0.25) is 0 Å². The standard InChI is InChI=1S/C9H8ClNO4S/c1-11-5-6-4-7(16(10,13)14)2-3-8(6)15-9(11)12/h2-4H,5H2,1H3. The van der Waals surface area contributed by atoms with Crippen LogP contribution in [0.15, 0.2) is 23.1 Å². The van der Waals surface area contributed by atoms with Gasteiger partial charge in [0.15, 0.2) is 0 Å². The van der Waals surface area contributed by atoms with E-state index < -0.39 is 15.1 Å². The van der Waals surface area contributed by atoms with Gasteiger partial charge in [-0.3, -0.25) is 0 Å². The van der Waals surface area contributed by atoms with Gasteiger partial charge in [-0.2, -0.15) is 0 Å². The second kappa shape index (κ2) is 3.64. The molecule has 16 heavy (non-hydrogen) atoms. The van der Waals surface area contributed by atoms with Crippen molar-refractivity contribution in [3.8, 4) is 5.75 Å². The molecule has 1 aliphatic rings. The van der Waals surface area contributed by atoms with Crippen LogP contribution in [0.4, 0.5) is 4.79 Å². The van der Waals surface area contributed by atoms with Crippen LogP contribution in [0.5, 0.6) is 5.75 Å². The third-order valence-corrected chi connectivity index (χ3v) is 3.58. The van der Waals surface area contributed by atoms with Gasteiger partial charge in [-0.05, 0) is 18.2 Å². The Balaban J connectivity index is 2.48. The van der Waals surface area contributed by atoms with Crippen LogP contribution in [0, 0.1) is 0 Å². The molecule has 1 aromatic carbocycles. The number of benzene rings is 1. The van der Waals surface area contributed by atoms with E-state index in [1.165, 1.54) is 23.1 Å². The summed E-state index contributed by atoms with van der Waals surface area (Å²) < 4.78 is 27.2. The fourth-order valence-corrected chi connectivity index (χ4v) is 2.22. The summed E-state index contributed by atoms with van der Waals surface area (Å²) in [6.07, 6.45) is -0.464. The normalized spacial score (nSPS) is 15.6. The van der Waals surface area contributed by atoms with Gasteiger partial charge < -0.3 is 9.64 Å². The molecule has 0 fully saturated rings. The predicted octanol–water partition coefficient (Wildman–Crippen LogP) is 1.56. The van der Waals surface area contributed by atoms with E-state index in [1.807, 2.05) is 0 Å². The van der Waals surface area contributed by atoms with Gasteiger partial charge in [-0.15, -0.1) is 0 Å². The lowest BCUT2D eigenvalue weighted by Crippen LogP contribution is -2.33. The van der Waals surface area contributed by atoms with E-state index in [4.69, 9.17) is 15.4 Å². The zero-order valence-electron chi connectivity index (χ0n) is 8.31. The Bertz CT molecular complexity index is 555. The third kappa shape index (κ3) is 1.98. The van der Waals surface area contributed by atoms with Gasteiger partial charge in [0.1, 0.15) is 5.75 Å². The summed E-state index contributed by atoms with van der Waals surface area (Å²) in [6.45, 7) is 0.300. The minimum absolute atomic E-state index is 0.000680. The minimum atomic E-state index is -3.75. The number of rotatable bonds is 1. The zero-order chi connectivity index (χ0) is 11.9. The van der Waals surface area contributed by atoms with Gasteiger partial charge in [-0.1, -0.05) is 0 Å². The van der Waals surface area contributed by atoms with E-state index in [2.05, 4.69) is 0 Å². The third-order valence-electron chi connectivity index (χ3n) is 2.23. The molecule has 0 saturated carbocycles. The van der Waals surface area contributed by atoms with Gasteiger partial charge in [-0.25, -0.2) is 13.2 Å². The molecule has 0 aromatic heterocycles. The highest BCUT2D eigenvalue weighted by Gasteiger charge is 2.23. The summed E-state index contributed by atoms with van der Waals surface area (Å²) in [4.78, 5) is 12.5. The molecule has 2 rings (SSSR count). The largest absolute Gasteiger partial charge is 0.415 e. The van der Waals surface area contributed by atoms with Crippen LogP contribution in [-0.2, 0) is 15.6 Å². The Labute approximate surface area is 97.0 Å². The quantitative estimate of drug-likeness (QED) is 0.720. The van der Waals surface area contributed by atoms with Crippen molar-refractivity contribution < 1.29 is 17.9 Å². The first kappa shape index (κ1) is 11.2. The smallest absolute Gasteiger partial charge is 0.410 e. The van der Waals surface area contributed by atoms with E-state index >= 15 is 0 Å². The molecular formula is C9H8ClNO4S. The van der Waals surface area contributed by atoms with Gasteiger partial charge in [0.2, 0.25) is 0 Å². The van der Waals surface area contributed by atoms with E-state index in [0.717, 1.165) is 0 Å². The van der Waals surface area contributed by atoms with Crippen LogP contribution >= 0.6 is 10.7 Å². The highest BCUT2D eigenvalue weighted by molar-refractivity contribution is 8.13. The Morgan fingerprint density at radius 1 is 1.44 bits per heavy atom.